The summed E-state index contributed by atoms with van der Waals surface area (Å²) < 4.78 is 18.6. The van der Waals surface area contributed by atoms with Gasteiger partial charge in [-0.15, -0.1) is 0 Å². The second-order valence-electron chi connectivity index (χ2n) is 3.62. The average molecular weight is 253 g/mol. The zero-order valence-corrected chi connectivity index (χ0v) is 9.91. The van der Waals surface area contributed by atoms with E-state index in [2.05, 4.69) is 4.99 Å². The first-order valence-corrected chi connectivity index (χ1v) is 5.56. The van der Waals surface area contributed by atoms with Gasteiger partial charge in [0.25, 0.3) is 0 Å². The molecule has 1 aromatic carbocycles. The van der Waals surface area contributed by atoms with Gasteiger partial charge in [0.05, 0.1) is 11.8 Å². The summed E-state index contributed by atoms with van der Waals surface area (Å²) in [5.41, 5.74) is 0.927. The number of rotatable bonds is 2. The van der Waals surface area contributed by atoms with Gasteiger partial charge in [-0.25, -0.2) is 4.39 Å². The summed E-state index contributed by atoms with van der Waals surface area (Å²) in [6.07, 6.45) is 1.39. The fraction of sp³-hybridized carbons (Fsp3) is 0.333. The van der Waals surface area contributed by atoms with Crippen LogP contribution in [0, 0.1) is 23.1 Å². The predicted molar refractivity (Wildman–Crippen MR) is 62.8 cm³/mol. The van der Waals surface area contributed by atoms with E-state index in [9.17, 15) is 4.39 Å². The van der Waals surface area contributed by atoms with Crippen LogP contribution in [0.15, 0.2) is 23.2 Å². The summed E-state index contributed by atoms with van der Waals surface area (Å²) >= 11 is 6.37. The van der Waals surface area contributed by atoms with Gasteiger partial charge >= 0.3 is 0 Å². The number of hydrogen-bond acceptors (Lipinski definition) is 3. The molecule has 5 heteroatoms. The van der Waals surface area contributed by atoms with Gasteiger partial charge in [-0.1, -0.05) is 11.6 Å². The van der Waals surface area contributed by atoms with E-state index in [-0.39, 0.29) is 0 Å². The molecule has 0 saturated heterocycles. The van der Waals surface area contributed by atoms with Gasteiger partial charge < -0.3 is 4.74 Å². The van der Waals surface area contributed by atoms with Crippen LogP contribution in [0.4, 0.5) is 10.1 Å². The van der Waals surface area contributed by atoms with Crippen LogP contribution in [-0.4, -0.2) is 12.8 Å². The summed E-state index contributed by atoms with van der Waals surface area (Å²) in [4.78, 5) is 4.03. The van der Waals surface area contributed by atoms with Crippen LogP contribution in [0.2, 0.25) is 0 Å². The van der Waals surface area contributed by atoms with Crippen molar-refractivity contribution in [3.05, 3.63) is 29.6 Å². The van der Waals surface area contributed by atoms with Gasteiger partial charge in [-0.2, -0.15) is 5.26 Å². The number of aliphatic imine (C=N–C) groups is 1. The van der Waals surface area contributed by atoms with Crippen LogP contribution in [0.3, 0.4) is 0 Å². The third kappa shape index (κ3) is 1.92. The lowest BCUT2D eigenvalue weighted by Crippen LogP contribution is -2.35. The highest BCUT2D eigenvalue weighted by Crippen LogP contribution is 2.45. The van der Waals surface area contributed by atoms with Gasteiger partial charge in [0.2, 0.25) is 0 Å². The number of ether oxygens (including phenoxy) is 1. The van der Waals surface area contributed by atoms with Crippen molar-refractivity contribution in [3.63, 3.8) is 0 Å². The maximum atomic E-state index is 13.1. The van der Waals surface area contributed by atoms with E-state index in [0.29, 0.717) is 17.9 Å². The standard InChI is InChI=1S/C12H10ClFN2O/c1-2-17-12(13)8(6-15)7-16-11-5-9(14)3-4-10(11)12/h3-5,7-8H,2H2,1H3. The smallest absolute Gasteiger partial charge is 0.190 e. The van der Waals surface area contributed by atoms with Crippen LogP contribution in [0.25, 0.3) is 0 Å². The maximum absolute atomic E-state index is 13.1. The number of benzene rings is 1. The van der Waals surface area contributed by atoms with Crippen molar-refractivity contribution >= 4 is 23.5 Å². The van der Waals surface area contributed by atoms with E-state index in [1.165, 1.54) is 24.4 Å². The minimum Gasteiger partial charge on any atom is -0.354 e. The van der Waals surface area contributed by atoms with Crippen molar-refractivity contribution in [1.82, 2.24) is 0 Å². The first-order valence-electron chi connectivity index (χ1n) is 5.18. The molecule has 0 aliphatic carbocycles. The number of nitrogens with zero attached hydrogens (tertiary/aromatic N) is 2. The second kappa shape index (κ2) is 4.44. The summed E-state index contributed by atoms with van der Waals surface area (Å²) in [5.74, 6) is -1.09. The molecule has 1 aromatic rings. The Kier molecular flexibility index (Phi) is 3.14. The molecular weight excluding hydrogens is 243 g/mol. The van der Waals surface area contributed by atoms with Crippen molar-refractivity contribution in [2.24, 2.45) is 10.9 Å². The molecule has 2 unspecified atom stereocenters. The van der Waals surface area contributed by atoms with E-state index < -0.39 is 16.8 Å². The molecule has 1 aliphatic rings. The van der Waals surface area contributed by atoms with Crippen molar-refractivity contribution in [2.75, 3.05) is 6.61 Å². The monoisotopic (exact) mass is 252 g/mol. The van der Waals surface area contributed by atoms with Crippen molar-refractivity contribution in [2.45, 2.75) is 12.0 Å². The lowest BCUT2D eigenvalue weighted by Gasteiger charge is -2.33. The van der Waals surface area contributed by atoms with E-state index in [1.54, 1.807) is 6.92 Å². The summed E-state index contributed by atoms with van der Waals surface area (Å²) in [6, 6.07) is 6.10. The normalized spacial score (nSPS) is 26.4. The largest absolute Gasteiger partial charge is 0.354 e. The minimum absolute atomic E-state index is 0.354. The molecule has 0 N–H and O–H groups in total. The molecule has 0 bridgehead atoms. The molecule has 3 nitrogen and oxygen atoms in total. The molecular formula is C12H10ClFN2O. The number of fused-ring (bicyclic) bond motifs is 1. The molecule has 1 aliphatic heterocycles. The number of nitriles is 1. The Morgan fingerprint density at radius 3 is 3.06 bits per heavy atom. The predicted octanol–water partition coefficient (Wildman–Crippen LogP) is 3.11. The molecule has 88 valence electrons. The Labute approximate surface area is 103 Å². The number of alkyl halides is 1. The second-order valence-corrected chi connectivity index (χ2v) is 4.19. The summed E-state index contributed by atoms with van der Waals surface area (Å²) in [7, 11) is 0. The summed E-state index contributed by atoms with van der Waals surface area (Å²) in [6.45, 7) is 2.14. The van der Waals surface area contributed by atoms with Gasteiger partial charge in [-0.3, -0.25) is 4.99 Å². The highest BCUT2D eigenvalue weighted by Gasteiger charge is 2.43. The van der Waals surface area contributed by atoms with Crippen molar-refractivity contribution in [1.29, 1.82) is 5.26 Å². The Morgan fingerprint density at radius 1 is 1.65 bits per heavy atom. The third-order valence-electron chi connectivity index (χ3n) is 2.58. The highest BCUT2D eigenvalue weighted by atomic mass is 35.5. The van der Waals surface area contributed by atoms with E-state index in [1.807, 2.05) is 6.07 Å². The molecule has 0 radical (unpaired) electrons. The first kappa shape index (κ1) is 12.0. The van der Waals surface area contributed by atoms with E-state index >= 15 is 0 Å². The zero-order valence-electron chi connectivity index (χ0n) is 9.15. The fourth-order valence-corrected chi connectivity index (χ4v) is 2.19. The minimum atomic E-state index is -1.28. The van der Waals surface area contributed by atoms with Crippen LogP contribution in [-0.2, 0) is 9.80 Å². The molecule has 0 amide bonds. The third-order valence-corrected chi connectivity index (χ3v) is 3.13. The van der Waals surface area contributed by atoms with Crippen LogP contribution >= 0.6 is 11.6 Å². The zero-order chi connectivity index (χ0) is 12.5. The van der Waals surface area contributed by atoms with Crippen LogP contribution < -0.4 is 0 Å². The molecule has 0 spiro atoms. The maximum Gasteiger partial charge on any atom is 0.190 e. The van der Waals surface area contributed by atoms with E-state index in [4.69, 9.17) is 21.6 Å². The Bertz CT molecular complexity index is 512. The van der Waals surface area contributed by atoms with Gasteiger partial charge in [0, 0.05) is 18.4 Å². The van der Waals surface area contributed by atoms with Gasteiger partial charge in [0.15, 0.2) is 5.06 Å². The molecule has 0 fully saturated rings. The van der Waals surface area contributed by atoms with Gasteiger partial charge in [-0.05, 0) is 25.1 Å². The molecule has 0 saturated carbocycles. The lowest BCUT2D eigenvalue weighted by atomic mass is 9.93. The first-order chi connectivity index (χ1) is 8.11. The topological polar surface area (TPSA) is 45.4 Å². The Morgan fingerprint density at radius 2 is 2.41 bits per heavy atom. The summed E-state index contributed by atoms with van der Waals surface area (Å²) in [5, 5.41) is 7.77. The Balaban J connectivity index is 2.57. The SMILES string of the molecule is CCOC1(Cl)c2ccc(F)cc2N=CC1C#N. The van der Waals surface area contributed by atoms with Crippen LogP contribution in [0.5, 0.6) is 0 Å². The van der Waals surface area contributed by atoms with Gasteiger partial charge in [0.1, 0.15) is 11.7 Å². The average Bonchev–Trinajstić information content (AvgIpc) is 2.29. The van der Waals surface area contributed by atoms with Crippen molar-refractivity contribution < 1.29 is 9.13 Å². The molecule has 17 heavy (non-hydrogen) atoms. The van der Waals surface area contributed by atoms with Crippen molar-refractivity contribution in [3.8, 4) is 6.07 Å². The number of hydrogen-bond donors (Lipinski definition) is 0. The highest BCUT2D eigenvalue weighted by molar-refractivity contribution is 6.25. The fourth-order valence-electron chi connectivity index (χ4n) is 1.81. The molecule has 1 heterocycles. The molecule has 2 atom stereocenters. The lowest BCUT2D eigenvalue weighted by molar-refractivity contribution is 0.0128. The quantitative estimate of drug-likeness (QED) is 0.759. The molecule has 0 aromatic heterocycles. The van der Waals surface area contributed by atoms with E-state index in [0.717, 1.165) is 0 Å². The number of halogens is 2. The van der Waals surface area contributed by atoms with Crippen LogP contribution in [0.1, 0.15) is 12.5 Å². The Hall–Kier alpha value is -1.44. The molecule has 2 rings (SSSR count).